The van der Waals surface area contributed by atoms with Crippen molar-refractivity contribution < 1.29 is 0 Å². The van der Waals surface area contributed by atoms with Gasteiger partial charge >= 0.3 is 0 Å². The van der Waals surface area contributed by atoms with Crippen molar-refractivity contribution in [3.63, 3.8) is 0 Å². The Kier molecular flexibility index (Phi) is 23.5. The lowest BCUT2D eigenvalue weighted by Gasteiger charge is -2.38. The Morgan fingerprint density at radius 3 is 0.708 bits per heavy atom. The summed E-state index contributed by atoms with van der Waals surface area (Å²) in [6.07, 6.45) is 43.1. The third-order valence-corrected chi connectivity index (χ3v) is 21.7. The Balaban J connectivity index is 0.000000182. The van der Waals surface area contributed by atoms with Gasteiger partial charge in [-0.05, 0) is 296 Å². The first-order valence-electron chi connectivity index (χ1n) is 31.2. The minimum Gasteiger partial charge on any atom is -0.0776 e. The second-order valence-electron chi connectivity index (χ2n) is 27.5. The highest BCUT2D eigenvalue weighted by Gasteiger charge is 2.32. The Bertz CT molecular complexity index is 1960. The van der Waals surface area contributed by atoms with Crippen molar-refractivity contribution in [2.24, 2.45) is 71.0 Å². The van der Waals surface area contributed by atoms with Crippen LogP contribution in [0.4, 0.5) is 0 Å². The molecule has 0 radical (unpaired) electrons. The lowest BCUT2D eigenvalue weighted by molar-refractivity contribution is 0.133. The summed E-state index contributed by atoms with van der Waals surface area (Å²) in [7, 11) is 0. The van der Waals surface area contributed by atoms with Gasteiger partial charge in [0, 0.05) is 0 Å². The van der Waals surface area contributed by atoms with Crippen LogP contribution in [-0.4, -0.2) is 0 Å². The molecule has 9 rings (SSSR count). The molecule has 0 amide bonds. The van der Waals surface area contributed by atoms with Crippen LogP contribution in [0.1, 0.15) is 262 Å². The largest absolute Gasteiger partial charge is 0.0776 e. The van der Waals surface area contributed by atoms with Crippen molar-refractivity contribution in [3.8, 4) is 0 Å². The van der Waals surface area contributed by atoms with Crippen LogP contribution in [0.3, 0.4) is 0 Å². The first-order valence-corrected chi connectivity index (χ1v) is 31.2. The van der Waals surface area contributed by atoms with Gasteiger partial charge in [0.15, 0.2) is 0 Å². The van der Waals surface area contributed by atoms with Crippen molar-refractivity contribution in [2.75, 3.05) is 0 Å². The molecule has 0 heterocycles. The molecule has 0 saturated heterocycles. The zero-order valence-electron chi connectivity index (χ0n) is 48.9. The topological polar surface area (TPSA) is 0 Å². The highest BCUT2D eigenvalue weighted by atomic mass is 14.4. The Morgan fingerprint density at radius 2 is 0.444 bits per heavy atom. The molecule has 0 bridgehead atoms. The van der Waals surface area contributed by atoms with Gasteiger partial charge in [0.05, 0.1) is 0 Å². The van der Waals surface area contributed by atoms with Crippen LogP contribution < -0.4 is 0 Å². The maximum Gasteiger partial charge on any atom is -0.0250 e. The van der Waals surface area contributed by atoms with E-state index in [0.29, 0.717) is 0 Å². The quantitative estimate of drug-likeness (QED) is 0.180. The van der Waals surface area contributed by atoms with Gasteiger partial charge < -0.3 is 0 Å². The van der Waals surface area contributed by atoms with E-state index < -0.39 is 0 Å². The van der Waals surface area contributed by atoms with Gasteiger partial charge in [0.1, 0.15) is 0 Å². The van der Waals surface area contributed by atoms with Crippen LogP contribution in [0.25, 0.3) is 0 Å². The average Bonchev–Trinajstić information content (AvgIpc) is 3.35. The summed E-state index contributed by atoms with van der Waals surface area (Å²) in [6, 6.07) is 14.6. The molecule has 0 heteroatoms. The van der Waals surface area contributed by atoms with E-state index in [9.17, 15) is 0 Å². The van der Waals surface area contributed by atoms with Gasteiger partial charge in [-0.25, -0.2) is 0 Å². The Morgan fingerprint density at radius 1 is 0.264 bits per heavy atom. The maximum absolute atomic E-state index is 2.46. The fourth-order valence-corrected chi connectivity index (χ4v) is 15.8. The second-order valence-corrected chi connectivity index (χ2v) is 27.5. The molecule has 3 aromatic rings. The molecule has 6 saturated carbocycles. The zero-order valence-corrected chi connectivity index (χ0v) is 48.9. The molecule has 0 N–H and O–H groups in total. The number of hydrogen-bond acceptors (Lipinski definition) is 0. The van der Waals surface area contributed by atoms with Crippen LogP contribution in [0.15, 0.2) is 36.4 Å². The molecular weight excluding hydrogens is 865 g/mol. The first-order chi connectivity index (χ1) is 34.0. The number of rotatable bonds is 11. The molecule has 404 valence electrons. The van der Waals surface area contributed by atoms with E-state index in [4.69, 9.17) is 0 Å². The van der Waals surface area contributed by atoms with Crippen LogP contribution >= 0.6 is 0 Å². The maximum atomic E-state index is 2.46. The van der Waals surface area contributed by atoms with Crippen molar-refractivity contribution in [2.45, 2.75) is 277 Å². The minimum absolute atomic E-state index is 0. The van der Waals surface area contributed by atoms with Gasteiger partial charge in [-0.3, -0.25) is 0 Å². The standard InChI is InChI=1S/C30H48.C24H38.C17H26.CH4/c1-21-5-13-29(14-6-21)30-15-11-27(12-16-30)19-25-7-9-26(10-8-25)20-28-17-22(2)24(4)23(3)18-28;1-17-5-7-21(8-6-17)15-22-9-11-23(12-10-22)16-24-13-18(2)20(4)19(3)14-24;1-12-5-7-16(8-6-12)11-17-9-13(2)15(4)14(3)10-17;/h17-18,21,25-27,29-30H,5-16,19-20H2,1-4H3;13-14,17,21-23H,5-12,15-16H2,1-4H3;9-10,12,16H,5-8,11H2,1-4H3;1H4. The van der Waals surface area contributed by atoms with E-state index in [1.165, 1.54) is 185 Å². The summed E-state index contributed by atoms with van der Waals surface area (Å²) in [5.41, 5.74) is 18.0. The number of aryl methyl sites for hydroxylation is 6. The number of benzene rings is 3. The van der Waals surface area contributed by atoms with Crippen molar-refractivity contribution in [3.05, 3.63) is 103 Å². The van der Waals surface area contributed by atoms with E-state index >= 15 is 0 Å². The van der Waals surface area contributed by atoms with Crippen LogP contribution in [0.5, 0.6) is 0 Å². The van der Waals surface area contributed by atoms with Gasteiger partial charge in [-0.1, -0.05) is 154 Å². The van der Waals surface area contributed by atoms with Gasteiger partial charge in [-0.15, -0.1) is 0 Å². The molecule has 72 heavy (non-hydrogen) atoms. The van der Waals surface area contributed by atoms with Gasteiger partial charge in [-0.2, -0.15) is 0 Å². The molecule has 0 nitrogen and oxygen atoms in total. The molecular formula is C72H116. The van der Waals surface area contributed by atoms with Gasteiger partial charge in [0.25, 0.3) is 0 Å². The van der Waals surface area contributed by atoms with Gasteiger partial charge in [0.2, 0.25) is 0 Å². The van der Waals surface area contributed by atoms with Crippen LogP contribution in [0.2, 0.25) is 0 Å². The highest BCUT2D eigenvalue weighted by Crippen LogP contribution is 2.45. The predicted molar refractivity (Wildman–Crippen MR) is 319 cm³/mol. The molecule has 6 aliphatic carbocycles. The fourth-order valence-electron chi connectivity index (χ4n) is 15.8. The van der Waals surface area contributed by atoms with Crippen molar-refractivity contribution in [1.29, 1.82) is 0 Å². The lowest BCUT2D eigenvalue weighted by atomic mass is 9.67. The Hall–Kier alpha value is -2.34. The zero-order chi connectivity index (χ0) is 50.6. The monoisotopic (exact) mass is 981 g/mol. The highest BCUT2D eigenvalue weighted by molar-refractivity contribution is 5.39. The third-order valence-electron chi connectivity index (χ3n) is 21.7. The minimum atomic E-state index is 0. The number of hydrogen-bond donors (Lipinski definition) is 0. The van der Waals surface area contributed by atoms with E-state index in [0.717, 1.165) is 71.0 Å². The molecule has 3 aromatic carbocycles. The van der Waals surface area contributed by atoms with Crippen molar-refractivity contribution >= 4 is 0 Å². The van der Waals surface area contributed by atoms with E-state index in [2.05, 4.69) is 119 Å². The third kappa shape index (κ3) is 17.9. The van der Waals surface area contributed by atoms with Crippen LogP contribution in [-0.2, 0) is 19.3 Å². The second kappa shape index (κ2) is 28.7. The van der Waals surface area contributed by atoms with E-state index in [1.54, 1.807) is 68.1 Å². The summed E-state index contributed by atoms with van der Waals surface area (Å²) in [4.78, 5) is 0. The molecule has 0 spiro atoms. The molecule has 0 atom stereocenters. The van der Waals surface area contributed by atoms with E-state index in [1.807, 2.05) is 0 Å². The molecule has 0 aromatic heterocycles. The predicted octanol–water partition coefficient (Wildman–Crippen LogP) is 21.8. The first kappa shape index (κ1) is 58.9. The summed E-state index contributed by atoms with van der Waals surface area (Å²) in [6.45, 7) is 27.7. The summed E-state index contributed by atoms with van der Waals surface area (Å²) in [5.74, 6) is 12.2. The average molecular weight is 982 g/mol. The van der Waals surface area contributed by atoms with E-state index in [-0.39, 0.29) is 7.43 Å². The summed E-state index contributed by atoms with van der Waals surface area (Å²) < 4.78 is 0. The van der Waals surface area contributed by atoms with Crippen molar-refractivity contribution in [1.82, 2.24) is 0 Å². The summed E-state index contributed by atoms with van der Waals surface area (Å²) in [5, 5.41) is 0. The SMILES string of the molecule is C.Cc1cc(CC2CCC(C)CC2)cc(C)c1C.Cc1cc(CC2CCC(CC3CCC(C)CC3)CC2)cc(C)c1C.Cc1cc(CC2CCC(CC3CCC(C4CCC(C)CC4)CC3)CC2)cc(C)c1C. The van der Waals surface area contributed by atoms with Crippen LogP contribution in [0, 0.1) is 133 Å². The normalized spacial score (nSPS) is 31.0. The molecule has 0 unspecified atom stereocenters. The Labute approximate surface area is 448 Å². The molecule has 0 aliphatic heterocycles. The fraction of sp³-hybridized carbons (Fsp3) is 0.750. The lowest BCUT2D eigenvalue weighted by Crippen LogP contribution is -2.26. The molecule has 6 fully saturated rings. The molecule has 6 aliphatic rings. The summed E-state index contributed by atoms with van der Waals surface area (Å²) >= 11 is 0. The smallest absolute Gasteiger partial charge is 0.0250 e.